The molecule has 0 saturated heterocycles. The molecular formula is C16H12F3NO6. The number of nitrogens with zero attached hydrogens (tertiary/aromatic N) is 1. The maximum Gasteiger partial charge on any atom is 0.416 e. The van der Waals surface area contributed by atoms with Gasteiger partial charge in [0.25, 0.3) is 0 Å². The quantitative estimate of drug-likeness (QED) is 0.445. The molecule has 0 aliphatic rings. The van der Waals surface area contributed by atoms with E-state index in [1.807, 2.05) is 0 Å². The minimum Gasteiger partial charge on any atom is -0.493 e. The van der Waals surface area contributed by atoms with Crippen LogP contribution in [0.1, 0.15) is 15.9 Å². The highest BCUT2D eigenvalue weighted by Gasteiger charge is 2.33. The van der Waals surface area contributed by atoms with Crippen LogP contribution in [-0.4, -0.2) is 25.1 Å². The number of carbonyl (C=O) groups excluding carboxylic acids is 1. The van der Waals surface area contributed by atoms with Crippen LogP contribution in [0, 0.1) is 10.1 Å². The van der Waals surface area contributed by atoms with Gasteiger partial charge in [0, 0.05) is 6.07 Å². The Morgan fingerprint density at radius 2 is 1.69 bits per heavy atom. The Morgan fingerprint density at radius 1 is 1.04 bits per heavy atom. The minimum absolute atomic E-state index is 0.0250. The Balaban J connectivity index is 2.45. The average Bonchev–Trinajstić information content (AvgIpc) is 2.60. The van der Waals surface area contributed by atoms with Gasteiger partial charge in [-0.3, -0.25) is 10.1 Å². The van der Waals surface area contributed by atoms with Crippen LogP contribution in [-0.2, 0) is 10.9 Å². The zero-order valence-electron chi connectivity index (χ0n) is 13.5. The number of alkyl halides is 3. The Morgan fingerprint density at radius 3 is 2.23 bits per heavy atom. The first-order valence-corrected chi connectivity index (χ1v) is 6.97. The van der Waals surface area contributed by atoms with E-state index in [2.05, 4.69) is 4.74 Å². The third kappa shape index (κ3) is 4.02. The SMILES string of the molecule is COC(=O)c1ccc(Oc2ccc(C(F)(F)F)cc2[N+](=O)[O-])c(OC)c1. The highest BCUT2D eigenvalue weighted by Crippen LogP contribution is 2.40. The number of ether oxygens (including phenoxy) is 3. The second-order valence-corrected chi connectivity index (χ2v) is 4.90. The second kappa shape index (κ2) is 7.30. The summed E-state index contributed by atoms with van der Waals surface area (Å²) in [6.07, 6.45) is -4.73. The second-order valence-electron chi connectivity index (χ2n) is 4.90. The van der Waals surface area contributed by atoms with Crippen LogP contribution >= 0.6 is 0 Å². The molecule has 0 unspecified atom stereocenters. The van der Waals surface area contributed by atoms with Crippen molar-refractivity contribution in [3.63, 3.8) is 0 Å². The van der Waals surface area contributed by atoms with E-state index < -0.39 is 34.1 Å². The van der Waals surface area contributed by atoms with Crippen LogP contribution in [0.4, 0.5) is 18.9 Å². The smallest absolute Gasteiger partial charge is 0.416 e. The lowest BCUT2D eigenvalue weighted by molar-refractivity contribution is -0.385. The number of nitro benzene ring substituents is 1. The van der Waals surface area contributed by atoms with Crippen LogP contribution in [0.15, 0.2) is 36.4 Å². The summed E-state index contributed by atoms with van der Waals surface area (Å²) in [5.74, 6) is -1.03. The molecule has 2 aromatic carbocycles. The van der Waals surface area contributed by atoms with Gasteiger partial charge in [0.2, 0.25) is 5.75 Å². The molecule has 0 aliphatic carbocycles. The standard InChI is InChI=1S/C16H12F3NO6/c1-24-14-7-9(15(21)25-2)3-5-13(14)26-12-6-4-10(16(17,18)19)8-11(12)20(22)23/h3-8H,1-2H3. The molecule has 2 aromatic rings. The summed E-state index contributed by atoms with van der Waals surface area (Å²) in [5.41, 5.74) is -1.90. The normalized spacial score (nSPS) is 11.0. The third-order valence-corrected chi connectivity index (χ3v) is 3.29. The van der Waals surface area contributed by atoms with Crippen LogP contribution in [0.3, 0.4) is 0 Å². The zero-order chi connectivity index (χ0) is 19.5. The van der Waals surface area contributed by atoms with Crippen LogP contribution in [0.2, 0.25) is 0 Å². The van der Waals surface area contributed by atoms with E-state index in [1.165, 1.54) is 32.4 Å². The molecule has 0 amide bonds. The van der Waals surface area contributed by atoms with E-state index in [4.69, 9.17) is 9.47 Å². The molecule has 2 rings (SSSR count). The van der Waals surface area contributed by atoms with Gasteiger partial charge >= 0.3 is 17.8 Å². The lowest BCUT2D eigenvalue weighted by atomic mass is 10.1. The minimum atomic E-state index is -4.73. The Labute approximate surface area is 145 Å². The first-order valence-electron chi connectivity index (χ1n) is 6.97. The first kappa shape index (κ1) is 19.0. The van der Waals surface area contributed by atoms with Crippen molar-refractivity contribution in [3.8, 4) is 17.2 Å². The molecule has 0 heterocycles. The van der Waals surface area contributed by atoms with Crippen molar-refractivity contribution in [2.75, 3.05) is 14.2 Å². The van der Waals surface area contributed by atoms with Crippen LogP contribution in [0.25, 0.3) is 0 Å². The van der Waals surface area contributed by atoms with Gasteiger partial charge in [-0.05, 0) is 30.3 Å². The molecule has 0 saturated carbocycles. The fourth-order valence-corrected chi connectivity index (χ4v) is 2.04. The van der Waals surface area contributed by atoms with Crippen LogP contribution < -0.4 is 9.47 Å². The number of halogens is 3. The molecule has 138 valence electrons. The molecule has 10 heteroatoms. The Hall–Kier alpha value is -3.30. The number of esters is 1. The van der Waals surface area contributed by atoms with Crippen molar-refractivity contribution < 1.29 is 37.1 Å². The Bertz CT molecular complexity index is 850. The monoisotopic (exact) mass is 371 g/mol. The molecule has 7 nitrogen and oxygen atoms in total. The van der Waals surface area contributed by atoms with Gasteiger partial charge in [0.15, 0.2) is 11.5 Å². The van der Waals surface area contributed by atoms with E-state index in [0.29, 0.717) is 12.1 Å². The fraction of sp³-hybridized carbons (Fsp3) is 0.188. The highest BCUT2D eigenvalue weighted by atomic mass is 19.4. The number of nitro groups is 1. The van der Waals surface area contributed by atoms with Gasteiger partial charge in [-0.15, -0.1) is 0 Å². The lowest BCUT2D eigenvalue weighted by Gasteiger charge is -2.13. The lowest BCUT2D eigenvalue weighted by Crippen LogP contribution is -2.06. The summed E-state index contributed by atoms with van der Waals surface area (Å²) in [6, 6.07) is 5.76. The summed E-state index contributed by atoms with van der Waals surface area (Å²) in [4.78, 5) is 21.6. The number of hydrogen-bond donors (Lipinski definition) is 0. The highest BCUT2D eigenvalue weighted by molar-refractivity contribution is 5.90. The summed E-state index contributed by atoms with van der Waals surface area (Å²) in [6.45, 7) is 0. The summed E-state index contributed by atoms with van der Waals surface area (Å²) in [7, 11) is 2.45. The molecule has 0 radical (unpaired) electrons. The van der Waals surface area contributed by atoms with Gasteiger partial charge in [-0.25, -0.2) is 4.79 Å². The maximum absolute atomic E-state index is 12.7. The third-order valence-electron chi connectivity index (χ3n) is 3.29. The first-order chi connectivity index (χ1) is 12.2. The van der Waals surface area contributed by atoms with Crippen molar-refractivity contribution in [2.45, 2.75) is 6.18 Å². The number of benzene rings is 2. The molecule has 0 aromatic heterocycles. The van der Waals surface area contributed by atoms with Crippen LogP contribution in [0.5, 0.6) is 17.2 Å². The van der Waals surface area contributed by atoms with Crippen molar-refractivity contribution >= 4 is 11.7 Å². The van der Waals surface area contributed by atoms with E-state index in [-0.39, 0.29) is 17.1 Å². The van der Waals surface area contributed by atoms with Gasteiger partial charge in [-0.1, -0.05) is 0 Å². The van der Waals surface area contributed by atoms with Gasteiger partial charge in [0.1, 0.15) is 0 Å². The van der Waals surface area contributed by atoms with Gasteiger partial charge < -0.3 is 14.2 Å². The molecule has 26 heavy (non-hydrogen) atoms. The van der Waals surface area contributed by atoms with Crippen molar-refractivity contribution in [1.82, 2.24) is 0 Å². The molecule has 0 bridgehead atoms. The average molecular weight is 371 g/mol. The topological polar surface area (TPSA) is 87.9 Å². The largest absolute Gasteiger partial charge is 0.493 e. The van der Waals surface area contributed by atoms with E-state index in [0.717, 1.165) is 6.07 Å². The van der Waals surface area contributed by atoms with E-state index >= 15 is 0 Å². The number of carbonyl (C=O) groups is 1. The predicted octanol–water partition coefficient (Wildman–Crippen LogP) is 4.20. The summed E-state index contributed by atoms with van der Waals surface area (Å²) >= 11 is 0. The molecule has 0 N–H and O–H groups in total. The predicted molar refractivity (Wildman–Crippen MR) is 82.5 cm³/mol. The summed E-state index contributed by atoms with van der Waals surface area (Å²) in [5, 5.41) is 11.1. The number of methoxy groups -OCH3 is 2. The van der Waals surface area contributed by atoms with E-state index in [1.54, 1.807) is 0 Å². The summed E-state index contributed by atoms with van der Waals surface area (Å²) < 4.78 is 53.2. The molecule has 0 spiro atoms. The molecule has 0 atom stereocenters. The van der Waals surface area contributed by atoms with Gasteiger partial charge in [-0.2, -0.15) is 13.2 Å². The van der Waals surface area contributed by atoms with Crippen molar-refractivity contribution in [1.29, 1.82) is 0 Å². The zero-order valence-corrected chi connectivity index (χ0v) is 13.5. The molecule has 0 aliphatic heterocycles. The molecule has 0 fully saturated rings. The van der Waals surface area contributed by atoms with Crippen molar-refractivity contribution in [3.05, 3.63) is 57.6 Å². The van der Waals surface area contributed by atoms with Crippen molar-refractivity contribution in [2.24, 2.45) is 0 Å². The molecular weight excluding hydrogens is 359 g/mol. The number of rotatable bonds is 5. The van der Waals surface area contributed by atoms with E-state index in [9.17, 15) is 28.1 Å². The fourth-order valence-electron chi connectivity index (χ4n) is 2.04. The Kier molecular flexibility index (Phi) is 5.34. The maximum atomic E-state index is 12.7. The number of hydrogen-bond acceptors (Lipinski definition) is 6. The van der Waals surface area contributed by atoms with Gasteiger partial charge in [0.05, 0.1) is 30.3 Å².